The third-order valence-electron chi connectivity index (χ3n) is 4.05. The zero-order valence-corrected chi connectivity index (χ0v) is 17.5. The minimum Gasteiger partial charge on any atom is -0.497 e. The van der Waals surface area contributed by atoms with Crippen molar-refractivity contribution in [3.8, 4) is 5.75 Å². The van der Waals surface area contributed by atoms with Gasteiger partial charge >= 0.3 is 0 Å². The highest BCUT2D eigenvalue weighted by Crippen LogP contribution is 2.33. The van der Waals surface area contributed by atoms with Crippen LogP contribution in [-0.2, 0) is 0 Å². The van der Waals surface area contributed by atoms with Gasteiger partial charge in [0.1, 0.15) is 5.75 Å². The number of thiophene rings is 1. The van der Waals surface area contributed by atoms with Crippen molar-refractivity contribution in [2.75, 3.05) is 33.3 Å². The Morgan fingerprint density at radius 2 is 1.56 bits per heavy atom. The number of benzene rings is 1. The van der Waals surface area contributed by atoms with E-state index in [0.717, 1.165) is 14.0 Å². The molecule has 0 unspecified atom stereocenters. The molecule has 0 bridgehead atoms. The zero-order valence-electron chi connectivity index (χ0n) is 13.5. The molecule has 0 saturated carbocycles. The fraction of sp³-hybridized carbons (Fsp3) is 0.294. The quantitative estimate of drug-likeness (QED) is 0.660. The molecule has 1 aromatic heterocycles. The summed E-state index contributed by atoms with van der Waals surface area (Å²) in [5, 5.41) is 0. The average Bonchev–Trinajstić information content (AvgIpc) is 2.99. The summed E-state index contributed by atoms with van der Waals surface area (Å²) in [6, 6.07) is 8.91. The van der Waals surface area contributed by atoms with E-state index in [2.05, 4.69) is 31.9 Å². The number of ether oxygens (including phenoxy) is 1. The van der Waals surface area contributed by atoms with Crippen LogP contribution in [0.25, 0.3) is 0 Å². The van der Waals surface area contributed by atoms with Crippen LogP contribution in [0.4, 0.5) is 0 Å². The van der Waals surface area contributed by atoms with Crippen LogP contribution in [0.15, 0.2) is 38.6 Å². The number of rotatable bonds is 3. The van der Waals surface area contributed by atoms with Gasteiger partial charge in [-0.25, -0.2) is 0 Å². The van der Waals surface area contributed by atoms with E-state index in [1.807, 2.05) is 6.07 Å². The molecule has 0 atom stereocenters. The summed E-state index contributed by atoms with van der Waals surface area (Å²) in [6.45, 7) is 2.14. The van der Waals surface area contributed by atoms with Gasteiger partial charge in [0.05, 0.1) is 15.8 Å². The highest BCUT2D eigenvalue weighted by atomic mass is 79.9. The molecule has 2 aromatic rings. The largest absolute Gasteiger partial charge is 0.497 e. The molecule has 0 radical (unpaired) electrons. The zero-order chi connectivity index (χ0) is 18.0. The normalized spacial score (nSPS) is 14.5. The second-order valence-corrected chi connectivity index (χ2v) is 8.77. The Bertz CT molecular complexity index is 764. The minimum absolute atomic E-state index is 0.00736. The van der Waals surface area contributed by atoms with E-state index in [1.54, 1.807) is 41.2 Å². The number of carbonyl (C=O) groups is 2. The monoisotopic (exact) mass is 486 g/mol. The van der Waals surface area contributed by atoms with Crippen molar-refractivity contribution in [1.29, 1.82) is 0 Å². The fourth-order valence-corrected chi connectivity index (χ4v) is 4.64. The van der Waals surface area contributed by atoms with E-state index < -0.39 is 0 Å². The van der Waals surface area contributed by atoms with E-state index in [0.29, 0.717) is 36.6 Å². The SMILES string of the molecule is COc1ccc(C(=O)N2CCN(C(=O)c3cc(Br)c(Br)s3)CC2)cc1. The first-order valence-electron chi connectivity index (χ1n) is 7.67. The molecule has 25 heavy (non-hydrogen) atoms. The summed E-state index contributed by atoms with van der Waals surface area (Å²) in [6.07, 6.45) is 0. The molecule has 0 spiro atoms. The number of methoxy groups -OCH3 is 1. The first-order valence-corrected chi connectivity index (χ1v) is 10.1. The molecular formula is C17H16Br2N2O3S. The predicted octanol–water partition coefficient (Wildman–Crippen LogP) is 3.88. The van der Waals surface area contributed by atoms with Crippen LogP contribution in [0, 0.1) is 0 Å². The van der Waals surface area contributed by atoms with Gasteiger partial charge in [0.2, 0.25) is 0 Å². The topological polar surface area (TPSA) is 49.9 Å². The molecule has 1 saturated heterocycles. The molecule has 132 valence electrons. The van der Waals surface area contributed by atoms with Crippen molar-refractivity contribution in [2.24, 2.45) is 0 Å². The lowest BCUT2D eigenvalue weighted by Crippen LogP contribution is -2.50. The number of piperazine rings is 1. The lowest BCUT2D eigenvalue weighted by Gasteiger charge is -2.34. The molecular weight excluding hydrogens is 472 g/mol. The second-order valence-electron chi connectivity index (χ2n) is 5.55. The maximum absolute atomic E-state index is 12.6. The Morgan fingerprint density at radius 1 is 1.00 bits per heavy atom. The van der Waals surface area contributed by atoms with Gasteiger partial charge in [-0.05, 0) is 62.2 Å². The molecule has 0 N–H and O–H groups in total. The Kier molecular flexibility index (Phi) is 5.81. The minimum atomic E-state index is -0.0173. The van der Waals surface area contributed by atoms with Crippen LogP contribution in [0.3, 0.4) is 0 Å². The summed E-state index contributed by atoms with van der Waals surface area (Å²) in [7, 11) is 1.59. The summed E-state index contributed by atoms with van der Waals surface area (Å²) in [5.41, 5.74) is 0.631. The summed E-state index contributed by atoms with van der Waals surface area (Å²) >= 11 is 8.23. The van der Waals surface area contributed by atoms with E-state index in [9.17, 15) is 9.59 Å². The van der Waals surface area contributed by atoms with Gasteiger partial charge in [-0.1, -0.05) is 0 Å². The molecule has 1 aromatic carbocycles. The van der Waals surface area contributed by atoms with Crippen LogP contribution in [-0.4, -0.2) is 54.9 Å². The third kappa shape index (κ3) is 4.07. The van der Waals surface area contributed by atoms with Gasteiger partial charge in [-0.15, -0.1) is 11.3 Å². The van der Waals surface area contributed by atoms with E-state index in [4.69, 9.17) is 4.74 Å². The number of hydrogen-bond donors (Lipinski definition) is 0. The number of amides is 2. The van der Waals surface area contributed by atoms with Gasteiger partial charge in [0.25, 0.3) is 11.8 Å². The van der Waals surface area contributed by atoms with Gasteiger partial charge in [-0.2, -0.15) is 0 Å². The van der Waals surface area contributed by atoms with Crippen molar-refractivity contribution < 1.29 is 14.3 Å². The van der Waals surface area contributed by atoms with Crippen molar-refractivity contribution in [3.05, 3.63) is 49.0 Å². The molecule has 0 aliphatic carbocycles. The number of hydrogen-bond acceptors (Lipinski definition) is 4. The lowest BCUT2D eigenvalue weighted by molar-refractivity contribution is 0.0538. The average molecular weight is 488 g/mol. The van der Waals surface area contributed by atoms with E-state index >= 15 is 0 Å². The standard InChI is InChI=1S/C17H16Br2N2O3S/c1-24-12-4-2-11(3-5-12)16(22)20-6-8-21(9-7-20)17(23)14-10-13(18)15(19)25-14/h2-5,10H,6-9H2,1H3. The maximum Gasteiger partial charge on any atom is 0.264 e. The van der Waals surface area contributed by atoms with Gasteiger partial charge in [0.15, 0.2) is 0 Å². The van der Waals surface area contributed by atoms with Crippen LogP contribution in [0.5, 0.6) is 5.75 Å². The van der Waals surface area contributed by atoms with Crippen molar-refractivity contribution in [2.45, 2.75) is 0 Å². The first kappa shape index (κ1) is 18.4. The second kappa shape index (κ2) is 7.88. The highest BCUT2D eigenvalue weighted by molar-refractivity contribution is 9.13. The van der Waals surface area contributed by atoms with Gasteiger partial charge in [0, 0.05) is 36.2 Å². The Hall–Kier alpha value is -1.38. The summed E-state index contributed by atoms with van der Waals surface area (Å²) < 4.78 is 6.90. The number of halogens is 2. The molecule has 1 aliphatic heterocycles. The van der Waals surface area contributed by atoms with Crippen molar-refractivity contribution in [3.63, 3.8) is 0 Å². The molecule has 2 heterocycles. The maximum atomic E-state index is 12.6. The number of carbonyl (C=O) groups excluding carboxylic acids is 2. The first-order chi connectivity index (χ1) is 12.0. The molecule has 2 amide bonds. The molecule has 8 heteroatoms. The fourth-order valence-electron chi connectivity index (χ4n) is 2.64. The lowest BCUT2D eigenvalue weighted by atomic mass is 10.1. The molecule has 5 nitrogen and oxygen atoms in total. The van der Waals surface area contributed by atoms with Crippen LogP contribution < -0.4 is 4.74 Å². The summed E-state index contributed by atoms with van der Waals surface area (Å²) in [5.74, 6) is 0.713. The summed E-state index contributed by atoms with van der Waals surface area (Å²) in [4.78, 5) is 29.4. The molecule has 3 rings (SSSR count). The Balaban J connectivity index is 1.60. The van der Waals surface area contributed by atoms with E-state index in [-0.39, 0.29) is 11.8 Å². The van der Waals surface area contributed by atoms with Gasteiger partial charge < -0.3 is 14.5 Å². The van der Waals surface area contributed by atoms with Gasteiger partial charge in [-0.3, -0.25) is 9.59 Å². The molecule has 1 fully saturated rings. The highest BCUT2D eigenvalue weighted by Gasteiger charge is 2.26. The van der Waals surface area contributed by atoms with Crippen molar-refractivity contribution >= 4 is 55.0 Å². The van der Waals surface area contributed by atoms with E-state index in [1.165, 1.54) is 11.3 Å². The smallest absolute Gasteiger partial charge is 0.264 e. The Morgan fingerprint density at radius 3 is 2.04 bits per heavy atom. The van der Waals surface area contributed by atoms with Crippen molar-refractivity contribution in [1.82, 2.24) is 9.80 Å². The third-order valence-corrected chi connectivity index (χ3v) is 7.29. The molecule has 1 aliphatic rings. The van der Waals surface area contributed by atoms with Crippen LogP contribution in [0.2, 0.25) is 0 Å². The number of nitrogens with zero attached hydrogens (tertiary/aromatic N) is 2. The van der Waals surface area contributed by atoms with Crippen LogP contribution >= 0.6 is 43.2 Å². The van der Waals surface area contributed by atoms with Crippen LogP contribution in [0.1, 0.15) is 20.0 Å². The Labute approximate surface area is 166 Å². The predicted molar refractivity (Wildman–Crippen MR) is 105 cm³/mol.